The third-order valence-corrected chi connectivity index (χ3v) is 4.19. The Bertz CT molecular complexity index is 724. The van der Waals surface area contributed by atoms with E-state index in [1.54, 1.807) is 4.68 Å². The number of nitrogens with zero attached hydrogens (tertiary/aromatic N) is 3. The molecule has 0 radical (unpaired) electrons. The molecule has 1 aromatic carbocycles. The Morgan fingerprint density at radius 3 is 2.69 bits per heavy atom. The molecule has 2 N–H and O–H groups in total. The van der Waals surface area contributed by atoms with Crippen LogP contribution in [-0.4, -0.2) is 46.1 Å². The number of hydrogen-bond donors (Lipinski definition) is 2. The van der Waals surface area contributed by atoms with Gasteiger partial charge in [0.15, 0.2) is 5.69 Å². The van der Waals surface area contributed by atoms with Crippen molar-refractivity contribution in [3.8, 4) is 11.4 Å². The van der Waals surface area contributed by atoms with Gasteiger partial charge in [0.25, 0.3) is 5.91 Å². The number of hydrogen-bond acceptors (Lipinski definition) is 5. The van der Waals surface area contributed by atoms with E-state index in [4.69, 9.17) is 4.74 Å². The summed E-state index contributed by atoms with van der Waals surface area (Å²) in [5, 5.41) is 14.5. The monoisotopic (exact) mass is 379 g/mol. The van der Waals surface area contributed by atoms with Gasteiger partial charge in [-0.05, 0) is 64.4 Å². The van der Waals surface area contributed by atoms with Gasteiger partial charge in [-0.1, -0.05) is 5.21 Å². The number of carbonyl (C=O) groups excluding carboxylic acids is 1. The van der Waals surface area contributed by atoms with E-state index < -0.39 is 0 Å². The second-order valence-corrected chi connectivity index (χ2v) is 6.61. The van der Waals surface area contributed by atoms with Crippen LogP contribution in [0.4, 0.5) is 0 Å². The summed E-state index contributed by atoms with van der Waals surface area (Å²) in [6, 6.07) is 7.75. The molecule has 8 heteroatoms. The van der Waals surface area contributed by atoms with Gasteiger partial charge in [0, 0.05) is 12.6 Å². The first kappa shape index (κ1) is 20.2. The van der Waals surface area contributed by atoms with Crippen LogP contribution in [0.1, 0.15) is 42.9 Å². The molecule has 26 heavy (non-hydrogen) atoms. The Morgan fingerprint density at radius 2 is 2.08 bits per heavy atom. The molecule has 1 fully saturated rings. The molecule has 0 saturated carbocycles. The molecule has 2 heterocycles. The van der Waals surface area contributed by atoms with E-state index in [-0.39, 0.29) is 30.5 Å². The number of ether oxygens (including phenoxy) is 1. The molecule has 1 aliphatic rings. The highest BCUT2D eigenvalue weighted by Crippen LogP contribution is 2.18. The van der Waals surface area contributed by atoms with Crippen molar-refractivity contribution >= 4 is 18.3 Å². The SMILES string of the molecule is Cc1c(C(=O)N[C@H]2CCCNC2)nnn1-c1ccc(OC(C)C)cc1.Cl. The molecular formula is C18H26ClN5O2. The van der Waals surface area contributed by atoms with Gasteiger partial charge in [0.1, 0.15) is 5.75 Å². The van der Waals surface area contributed by atoms with Crippen molar-refractivity contribution in [2.45, 2.75) is 45.8 Å². The van der Waals surface area contributed by atoms with Crippen molar-refractivity contribution < 1.29 is 9.53 Å². The molecule has 2 aromatic rings. The van der Waals surface area contributed by atoms with Crippen molar-refractivity contribution in [1.29, 1.82) is 0 Å². The fraction of sp³-hybridized carbons (Fsp3) is 0.500. The molecule has 1 aromatic heterocycles. The summed E-state index contributed by atoms with van der Waals surface area (Å²) in [5.74, 6) is 0.636. The molecule has 1 saturated heterocycles. The van der Waals surface area contributed by atoms with Crippen LogP contribution in [0.25, 0.3) is 5.69 Å². The van der Waals surface area contributed by atoms with Crippen LogP contribution >= 0.6 is 12.4 Å². The van der Waals surface area contributed by atoms with E-state index in [2.05, 4.69) is 20.9 Å². The minimum Gasteiger partial charge on any atom is -0.491 e. The number of amides is 1. The standard InChI is InChI=1S/C18H25N5O2.ClH/c1-12(2)25-16-8-6-15(7-9-16)23-13(3)17(21-22-23)18(24)20-14-5-4-10-19-11-14;/h6-9,12,14,19H,4-5,10-11H2,1-3H3,(H,20,24);1H/t14-;/m0./s1. The van der Waals surface area contributed by atoms with Crippen LogP contribution < -0.4 is 15.4 Å². The fourth-order valence-corrected chi connectivity index (χ4v) is 2.95. The molecule has 0 unspecified atom stereocenters. The summed E-state index contributed by atoms with van der Waals surface area (Å²) in [4.78, 5) is 12.5. The van der Waals surface area contributed by atoms with Gasteiger partial charge in [0.05, 0.1) is 17.5 Å². The zero-order chi connectivity index (χ0) is 17.8. The van der Waals surface area contributed by atoms with E-state index in [9.17, 15) is 4.79 Å². The third-order valence-electron chi connectivity index (χ3n) is 4.19. The first-order chi connectivity index (χ1) is 12.0. The van der Waals surface area contributed by atoms with E-state index in [0.717, 1.165) is 43.1 Å². The lowest BCUT2D eigenvalue weighted by atomic mass is 10.1. The van der Waals surface area contributed by atoms with E-state index >= 15 is 0 Å². The van der Waals surface area contributed by atoms with Crippen molar-refractivity contribution in [2.24, 2.45) is 0 Å². The second kappa shape index (κ2) is 9.00. The van der Waals surface area contributed by atoms with Gasteiger partial charge in [-0.3, -0.25) is 4.79 Å². The molecule has 1 atom stereocenters. The number of aromatic nitrogens is 3. The average Bonchev–Trinajstić information content (AvgIpc) is 2.98. The average molecular weight is 380 g/mol. The number of piperidine rings is 1. The predicted molar refractivity (Wildman–Crippen MR) is 102 cm³/mol. The fourth-order valence-electron chi connectivity index (χ4n) is 2.95. The highest BCUT2D eigenvalue weighted by Gasteiger charge is 2.21. The van der Waals surface area contributed by atoms with Crippen LogP contribution in [-0.2, 0) is 0 Å². The zero-order valence-electron chi connectivity index (χ0n) is 15.4. The molecule has 0 bridgehead atoms. The summed E-state index contributed by atoms with van der Waals surface area (Å²) in [5.41, 5.74) is 1.94. The summed E-state index contributed by atoms with van der Waals surface area (Å²) in [6.07, 6.45) is 2.19. The Balaban J connectivity index is 0.00000243. The van der Waals surface area contributed by atoms with Crippen LogP contribution in [0.5, 0.6) is 5.75 Å². The van der Waals surface area contributed by atoms with Crippen LogP contribution in [0, 0.1) is 6.92 Å². The van der Waals surface area contributed by atoms with Gasteiger partial charge in [-0.25, -0.2) is 4.68 Å². The molecule has 3 rings (SSSR count). The predicted octanol–water partition coefficient (Wildman–Crippen LogP) is 2.27. The Hall–Kier alpha value is -2.12. The smallest absolute Gasteiger partial charge is 0.274 e. The first-order valence-corrected chi connectivity index (χ1v) is 8.75. The van der Waals surface area contributed by atoms with Crippen molar-refractivity contribution in [1.82, 2.24) is 25.6 Å². The van der Waals surface area contributed by atoms with E-state index in [0.29, 0.717) is 5.69 Å². The van der Waals surface area contributed by atoms with E-state index in [1.165, 1.54) is 0 Å². The molecule has 142 valence electrons. The largest absolute Gasteiger partial charge is 0.491 e. The summed E-state index contributed by atoms with van der Waals surface area (Å²) in [7, 11) is 0. The van der Waals surface area contributed by atoms with Gasteiger partial charge in [-0.15, -0.1) is 17.5 Å². The van der Waals surface area contributed by atoms with Crippen molar-refractivity contribution in [3.63, 3.8) is 0 Å². The highest BCUT2D eigenvalue weighted by molar-refractivity contribution is 5.93. The molecule has 0 aliphatic carbocycles. The minimum atomic E-state index is -0.169. The molecule has 7 nitrogen and oxygen atoms in total. The molecule has 1 aliphatic heterocycles. The van der Waals surface area contributed by atoms with Crippen LogP contribution in [0.15, 0.2) is 24.3 Å². The molecule has 1 amide bonds. The van der Waals surface area contributed by atoms with Gasteiger partial charge >= 0.3 is 0 Å². The van der Waals surface area contributed by atoms with Crippen LogP contribution in [0.3, 0.4) is 0 Å². The topological polar surface area (TPSA) is 81.1 Å². The number of halogens is 1. The van der Waals surface area contributed by atoms with E-state index in [1.807, 2.05) is 45.0 Å². The zero-order valence-corrected chi connectivity index (χ0v) is 16.2. The Morgan fingerprint density at radius 1 is 1.35 bits per heavy atom. The molecule has 0 spiro atoms. The second-order valence-electron chi connectivity index (χ2n) is 6.61. The maximum atomic E-state index is 12.5. The Labute approximate surface area is 159 Å². The number of benzene rings is 1. The Kier molecular flexibility index (Phi) is 6.99. The lowest BCUT2D eigenvalue weighted by Gasteiger charge is -2.23. The highest BCUT2D eigenvalue weighted by atomic mass is 35.5. The third kappa shape index (κ3) is 4.74. The van der Waals surface area contributed by atoms with Gasteiger partial charge in [0.2, 0.25) is 0 Å². The lowest BCUT2D eigenvalue weighted by molar-refractivity contribution is 0.0925. The molecular weight excluding hydrogens is 354 g/mol. The van der Waals surface area contributed by atoms with Gasteiger partial charge < -0.3 is 15.4 Å². The summed E-state index contributed by atoms with van der Waals surface area (Å²) >= 11 is 0. The number of carbonyl (C=O) groups is 1. The maximum Gasteiger partial charge on any atom is 0.274 e. The number of nitrogens with one attached hydrogen (secondary N) is 2. The van der Waals surface area contributed by atoms with Gasteiger partial charge in [-0.2, -0.15) is 0 Å². The lowest BCUT2D eigenvalue weighted by Crippen LogP contribution is -2.45. The number of rotatable bonds is 5. The van der Waals surface area contributed by atoms with Crippen LogP contribution in [0.2, 0.25) is 0 Å². The quantitative estimate of drug-likeness (QED) is 0.832. The maximum absolute atomic E-state index is 12.5. The first-order valence-electron chi connectivity index (χ1n) is 8.75. The summed E-state index contributed by atoms with van der Waals surface area (Å²) in [6.45, 7) is 7.64. The normalized spacial score (nSPS) is 16.8. The van der Waals surface area contributed by atoms with Crippen molar-refractivity contribution in [2.75, 3.05) is 13.1 Å². The minimum absolute atomic E-state index is 0. The summed E-state index contributed by atoms with van der Waals surface area (Å²) < 4.78 is 7.32. The van der Waals surface area contributed by atoms with Crippen molar-refractivity contribution in [3.05, 3.63) is 35.7 Å².